The fourth-order valence-corrected chi connectivity index (χ4v) is 3.84. The Morgan fingerprint density at radius 3 is 1.09 bits per heavy atom. The maximum atomic E-state index is 12.1. The van der Waals surface area contributed by atoms with E-state index < -0.39 is 35.7 Å². The van der Waals surface area contributed by atoms with Crippen molar-refractivity contribution in [3.8, 4) is 0 Å². The minimum absolute atomic E-state index is 0.0148. The molecule has 1 N–H and O–H groups in total. The van der Waals surface area contributed by atoms with Crippen molar-refractivity contribution in [2.45, 2.75) is 79.1 Å². The zero-order valence-electron chi connectivity index (χ0n) is 26.7. The van der Waals surface area contributed by atoms with Gasteiger partial charge < -0.3 is 38.4 Å². The van der Waals surface area contributed by atoms with Crippen molar-refractivity contribution in [1.82, 2.24) is 4.90 Å². The minimum atomic E-state index is -0.474. The molecule has 44 heavy (non-hydrogen) atoms. The third kappa shape index (κ3) is 26.4. The molecule has 0 fully saturated rings. The summed E-state index contributed by atoms with van der Waals surface area (Å²) in [4.78, 5) is 70.5. The van der Waals surface area contributed by atoms with Crippen LogP contribution in [-0.2, 0) is 57.2 Å². The van der Waals surface area contributed by atoms with Gasteiger partial charge in [-0.25, -0.2) is 0 Å². The molecule has 14 heteroatoms. The highest BCUT2D eigenvalue weighted by Gasteiger charge is 2.17. The maximum Gasteiger partial charge on any atom is 0.305 e. The Kier molecular flexibility index (Phi) is 24.2. The van der Waals surface area contributed by atoms with Crippen LogP contribution in [0.25, 0.3) is 0 Å². The number of hydrogen-bond acceptors (Lipinski definition) is 14. The predicted molar refractivity (Wildman–Crippen MR) is 156 cm³/mol. The van der Waals surface area contributed by atoms with Crippen LogP contribution in [0.4, 0.5) is 0 Å². The highest BCUT2D eigenvalue weighted by atomic mass is 16.6. The monoisotopic (exact) mass is 633 g/mol. The first-order valence-electron chi connectivity index (χ1n) is 15.1. The molecule has 0 aliphatic carbocycles. The van der Waals surface area contributed by atoms with Crippen LogP contribution in [-0.4, -0.2) is 112 Å². The lowest BCUT2D eigenvalue weighted by molar-refractivity contribution is -0.154. The summed E-state index contributed by atoms with van der Waals surface area (Å²) in [7, 11) is 0. The van der Waals surface area contributed by atoms with Crippen LogP contribution in [0.5, 0.6) is 0 Å². The lowest BCUT2D eigenvalue weighted by atomic mass is 10.1. The topological polar surface area (TPSA) is 181 Å². The van der Waals surface area contributed by atoms with Gasteiger partial charge in [-0.15, -0.1) is 0 Å². The molecule has 0 rings (SSSR count). The normalized spacial score (nSPS) is 10.9. The van der Waals surface area contributed by atoms with Crippen molar-refractivity contribution >= 4 is 35.8 Å². The summed E-state index contributed by atoms with van der Waals surface area (Å²) in [5.41, 5.74) is 0. The van der Waals surface area contributed by atoms with Crippen molar-refractivity contribution in [2.75, 3.05) is 65.9 Å². The molecule has 0 radical (unpaired) electrons. The van der Waals surface area contributed by atoms with E-state index in [-0.39, 0.29) is 71.0 Å². The minimum Gasteiger partial charge on any atom is -0.465 e. The number of ether oxygens (including phenoxy) is 6. The van der Waals surface area contributed by atoms with Gasteiger partial charge in [0.05, 0.1) is 18.4 Å². The third-order valence-electron chi connectivity index (χ3n) is 6.18. The number of esters is 6. The van der Waals surface area contributed by atoms with Crippen LogP contribution in [0, 0.1) is 11.8 Å². The van der Waals surface area contributed by atoms with Crippen LogP contribution in [0.1, 0.15) is 79.1 Å². The van der Waals surface area contributed by atoms with Gasteiger partial charge in [-0.05, 0) is 38.8 Å². The summed E-state index contributed by atoms with van der Waals surface area (Å²) in [5.74, 6) is -3.53. The zero-order chi connectivity index (χ0) is 33.2. The molecule has 254 valence electrons. The average molecular weight is 634 g/mol. The van der Waals surface area contributed by atoms with Crippen molar-refractivity contribution in [2.24, 2.45) is 11.8 Å². The number of aliphatic hydroxyl groups is 1. The Labute approximate surface area is 260 Å². The fourth-order valence-electron chi connectivity index (χ4n) is 3.84. The first kappa shape index (κ1) is 40.7. The maximum absolute atomic E-state index is 12.1. The van der Waals surface area contributed by atoms with Crippen LogP contribution >= 0.6 is 0 Å². The van der Waals surface area contributed by atoms with Gasteiger partial charge >= 0.3 is 35.8 Å². The number of carbonyl (C=O) groups excluding carboxylic acids is 6. The molecule has 0 bridgehead atoms. The second-order valence-corrected chi connectivity index (χ2v) is 10.5. The predicted octanol–water partition coefficient (Wildman–Crippen LogP) is 1.97. The molecule has 0 atom stereocenters. The third-order valence-corrected chi connectivity index (χ3v) is 6.18. The Morgan fingerprint density at radius 2 is 0.795 bits per heavy atom. The summed E-state index contributed by atoms with van der Waals surface area (Å²) in [6.45, 7) is 7.05. The number of nitrogens with zero attached hydrogens (tertiary/aromatic N) is 1. The lowest BCUT2D eigenvalue weighted by Gasteiger charge is -2.21. The van der Waals surface area contributed by atoms with Gasteiger partial charge in [-0.2, -0.15) is 0 Å². The molecular formula is C30H51NO13. The van der Waals surface area contributed by atoms with Gasteiger partial charge in [0.25, 0.3) is 0 Å². The van der Waals surface area contributed by atoms with Gasteiger partial charge in [0, 0.05) is 47.1 Å². The van der Waals surface area contributed by atoms with E-state index in [2.05, 4.69) is 4.90 Å². The molecule has 0 saturated heterocycles. The summed E-state index contributed by atoms with van der Waals surface area (Å²) in [5, 5.41) is 9.40. The summed E-state index contributed by atoms with van der Waals surface area (Å²) in [6.07, 6.45) is 5.00. The van der Waals surface area contributed by atoms with E-state index in [1.54, 1.807) is 0 Å². The molecule has 0 spiro atoms. The van der Waals surface area contributed by atoms with E-state index in [9.17, 15) is 33.9 Å². The molecule has 0 amide bonds. The van der Waals surface area contributed by atoms with E-state index >= 15 is 0 Å². The Balaban J connectivity index is 4.17. The highest BCUT2D eigenvalue weighted by molar-refractivity contribution is 5.70. The molecule has 0 aliphatic heterocycles. The molecule has 0 aromatic rings. The summed E-state index contributed by atoms with van der Waals surface area (Å²) >= 11 is 0. The molecule has 0 unspecified atom stereocenters. The lowest BCUT2D eigenvalue weighted by Crippen LogP contribution is -2.29. The molecule has 14 nitrogen and oxygen atoms in total. The SMILES string of the molecule is CC(=O)OCC(COC(C)=O)COC(=O)CCCCCN(CCO)CCCCCC(=O)OCC(COC(C)=O)COC(C)=O. The van der Waals surface area contributed by atoms with Gasteiger partial charge in [0.2, 0.25) is 0 Å². The largest absolute Gasteiger partial charge is 0.465 e. The van der Waals surface area contributed by atoms with Crippen LogP contribution in [0.3, 0.4) is 0 Å². The number of hydrogen-bond donors (Lipinski definition) is 1. The van der Waals surface area contributed by atoms with Crippen molar-refractivity contribution < 1.29 is 62.3 Å². The van der Waals surface area contributed by atoms with Gasteiger partial charge in [0.15, 0.2) is 0 Å². The van der Waals surface area contributed by atoms with Gasteiger partial charge in [-0.1, -0.05) is 12.8 Å². The van der Waals surface area contributed by atoms with E-state index in [0.29, 0.717) is 19.4 Å². The van der Waals surface area contributed by atoms with E-state index in [1.807, 2.05) is 0 Å². The van der Waals surface area contributed by atoms with Crippen molar-refractivity contribution in [3.05, 3.63) is 0 Å². The Morgan fingerprint density at radius 1 is 0.477 bits per heavy atom. The Hall–Kier alpha value is -3.26. The number of carbonyl (C=O) groups is 6. The summed E-state index contributed by atoms with van der Waals surface area (Å²) in [6, 6.07) is 0. The number of aliphatic hydroxyl groups excluding tert-OH is 1. The van der Waals surface area contributed by atoms with E-state index in [4.69, 9.17) is 28.4 Å². The van der Waals surface area contributed by atoms with E-state index in [1.165, 1.54) is 27.7 Å². The molecular weight excluding hydrogens is 582 g/mol. The van der Waals surface area contributed by atoms with Gasteiger partial charge in [-0.3, -0.25) is 28.8 Å². The molecule has 0 aromatic heterocycles. The van der Waals surface area contributed by atoms with Crippen LogP contribution in [0.15, 0.2) is 0 Å². The molecule has 0 aliphatic rings. The smallest absolute Gasteiger partial charge is 0.305 e. The quantitative estimate of drug-likeness (QED) is 0.0829. The molecule has 0 heterocycles. The average Bonchev–Trinajstić information content (AvgIpc) is 2.95. The first-order chi connectivity index (χ1) is 20.9. The standard InChI is InChI=1S/C30H51NO13/c1-23(33)39-17-27(18-40-24(2)34)21-43-29(37)11-7-5-9-13-31(15-16-32)14-10-6-8-12-30(38)44-22-28(19-41-25(3)35)20-42-26(4)36/h27-28,32H,5-22H2,1-4H3. The van der Waals surface area contributed by atoms with Crippen molar-refractivity contribution in [3.63, 3.8) is 0 Å². The van der Waals surface area contributed by atoms with Crippen LogP contribution in [0.2, 0.25) is 0 Å². The van der Waals surface area contributed by atoms with E-state index in [0.717, 1.165) is 38.8 Å². The Bertz CT molecular complexity index is 762. The summed E-state index contributed by atoms with van der Waals surface area (Å²) < 4.78 is 30.2. The fraction of sp³-hybridized carbons (Fsp3) is 0.800. The second kappa shape index (κ2) is 26.2. The van der Waals surface area contributed by atoms with Gasteiger partial charge in [0.1, 0.15) is 39.6 Å². The molecule has 0 saturated carbocycles. The second-order valence-electron chi connectivity index (χ2n) is 10.5. The first-order valence-corrected chi connectivity index (χ1v) is 15.1. The number of unbranched alkanes of at least 4 members (excludes halogenated alkanes) is 4. The molecule has 0 aromatic carbocycles. The highest BCUT2D eigenvalue weighted by Crippen LogP contribution is 2.09. The zero-order valence-corrected chi connectivity index (χ0v) is 26.7. The van der Waals surface area contributed by atoms with Crippen LogP contribution < -0.4 is 0 Å². The number of rotatable bonds is 26. The van der Waals surface area contributed by atoms with Crippen molar-refractivity contribution in [1.29, 1.82) is 0 Å².